The highest BCUT2D eigenvalue weighted by molar-refractivity contribution is 6.47. The molecule has 0 spiro atoms. The third-order valence-electron chi connectivity index (χ3n) is 6.98. The number of hydrogen-bond donors (Lipinski definition) is 10. The van der Waals surface area contributed by atoms with Gasteiger partial charge in [-0.25, -0.2) is 20.1 Å². The lowest BCUT2D eigenvalue weighted by Crippen LogP contribution is -2.84. The van der Waals surface area contributed by atoms with E-state index in [9.17, 15) is 39.3 Å². The van der Waals surface area contributed by atoms with E-state index < -0.39 is 70.3 Å². The highest BCUT2D eigenvalue weighted by Gasteiger charge is 2.54. The number of carbonyl (C=O) groups is 4. The van der Waals surface area contributed by atoms with Gasteiger partial charge in [0.15, 0.2) is 18.5 Å². The van der Waals surface area contributed by atoms with E-state index >= 15 is 0 Å². The molecule has 0 saturated carbocycles. The number of amides is 4. The van der Waals surface area contributed by atoms with E-state index in [2.05, 4.69) is 27.0 Å². The summed E-state index contributed by atoms with van der Waals surface area (Å²) in [6.45, 7) is 7.12. The van der Waals surface area contributed by atoms with E-state index in [1.165, 1.54) is 42.1 Å². The van der Waals surface area contributed by atoms with E-state index in [-0.39, 0.29) is 32.7 Å². The van der Waals surface area contributed by atoms with Gasteiger partial charge in [-0.15, -0.1) is 0 Å². The Morgan fingerprint density at radius 2 is 1.24 bits per heavy atom. The van der Waals surface area contributed by atoms with Crippen molar-refractivity contribution in [3.63, 3.8) is 0 Å². The Morgan fingerprint density at radius 1 is 0.786 bits per heavy atom. The molecule has 0 radical (unpaired) electrons. The Morgan fingerprint density at radius 3 is 1.64 bits per heavy atom. The molecule has 0 aromatic rings. The largest absolute Gasteiger partial charge is 0.436 e. The van der Waals surface area contributed by atoms with Crippen molar-refractivity contribution in [2.45, 2.75) is 45.8 Å². The average molecular weight is 596 g/mol. The molecule has 3 atom stereocenters. The van der Waals surface area contributed by atoms with Crippen LogP contribution in [0.2, 0.25) is 27.3 Å². The fourth-order valence-corrected chi connectivity index (χ4v) is 4.89. The number of rotatable bonds is 18. The summed E-state index contributed by atoms with van der Waals surface area (Å²) in [5.74, 6) is -1.79. The van der Waals surface area contributed by atoms with Crippen LogP contribution in [0.15, 0.2) is 0 Å². The second-order valence-corrected chi connectivity index (χ2v) is 10.4. The summed E-state index contributed by atoms with van der Waals surface area (Å²) >= 11 is 0. The standard InChI is InChI=1S/C18H40B4N12O8/c1-19(39)28-24-12(35)11-30(16-13(36)25-32(16)20(2)40)9-7-29(6-5-23)8-10-31(17-14(37)26-33(17)21(3)41)18-15(38)27-34(18)22(4)42/h16-18,28,39-42H,5-11,23H2,1-4H3,(H,24,35)(H,25,36)(H,26,37)(H,27,38). The molecule has 3 aliphatic heterocycles. The normalized spacial score (nSPS) is 22.7. The van der Waals surface area contributed by atoms with Crippen LogP contribution in [-0.4, -0.2) is 166 Å². The van der Waals surface area contributed by atoms with Crippen LogP contribution in [0.1, 0.15) is 0 Å². The molecule has 24 heteroatoms. The van der Waals surface area contributed by atoms with Crippen molar-refractivity contribution in [1.29, 1.82) is 0 Å². The highest BCUT2D eigenvalue weighted by atomic mass is 16.2. The summed E-state index contributed by atoms with van der Waals surface area (Å²) < 4.78 is 0. The smallest absolute Gasteiger partial charge is 0.397 e. The Bertz CT molecular complexity index is 953. The van der Waals surface area contributed by atoms with Gasteiger partial charge in [-0.2, -0.15) is 0 Å². The number of hydrazine groups is 4. The van der Waals surface area contributed by atoms with Crippen molar-refractivity contribution in [3.8, 4) is 0 Å². The minimum absolute atomic E-state index is 0.144. The molecule has 0 aromatic heterocycles. The van der Waals surface area contributed by atoms with Crippen molar-refractivity contribution < 1.29 is 39.3 Å². The fraction of sp³-hybridized carbons (Fsp3) is 0.778. The quantitative estimate of drug-likeness (QED) is 0.0521. The summed E-state index contributed by atoms with van der Waals surface area (Å²) in [6.07, 6.45) is -2.90. The number of nitrogens with two attached hydrogens (primary N) is 1. The van der Waals surface area contributed by atoms with E-state index in [4.69, 9.17) is 5.73 Å². The molecule has 3 aliphatic rings. The molecule has 3 unspecified atom stereocenters. The third-order valence-corrected chi connectivity index (χ3v) is 6.98. The molecule has 3 heterocycles. The van der Waals surface area contributed by atoms with Gasteiger partial charge >= 0.3 is 28.2 Å². The zero-order chi connectivity index (χ0) is 31.3. The van der Waals surface area contributed by atoms with Gasteiger partial charge in [-0.05, 0) is 27.3 Å². The van der Waals surface area contributed by atoms with Crippen LogP contribution >= 0.6 is 0 Å². The zero-order valence-electron chi connectivity index (χ0n) is 24.2. The predicted octanol–water partition coefficient (Wildman–Crippen LogP) is -8.07. The number of nitrogens with one attached hydrogen (secondary N) is 5. The van der Waals surface area contributed by atoms with Crippen LogP contribution in [0.5, 0.6) is 0 Å². The Balaban J connectivity index is 1.73. The lowest BCUT2D eigenvalue weighted by Gasteiger charge is -2.54. The first kappa shape index (κ1) is 34.2. The SMILES string of the molecule is CB(O)NNC(=O)CN(CCN(CCN)CCN(C1C(=O)NN1B(C)O)C1C(=O)NN1B(C)O)C1C(=O)NN1B(C)O. The molecule has 42 heavy (non-hydrogen) atoms. The Hall–Kier alpha value is -2.34. The maximum Gasteiger partial charge on any atom is 0.397 e. The maximum absolute atomic E-state index is 12.5. The topological polar surface area (TPSA) is 255 Å². The molecule has 4 amide bonds. The Kier molecular flexibility index (Phi) is 12.1. The third kappa shape index (κ3) is 7.98. The summed E-state index contributed by atoms with van der Waals surface area (Å²) in [6, 6.07) is 0. The van der Waals surface area contributed by atoms with Gasteiger partial charge in [0.25, 0.3) is 17.7 Å². The van der Waals surface area contributed by atoms with E-state index in [1.807, 2.05) is 4.90 Å². The van der Waals surface area contributed by atoms with Crippen molar-refractivity contribution >= 4 is 51.8 Å². The minimum atomic E-state index is -1.05. The van der Waals surface area contributed by atoms with Crippen molar-refractivity contribution in [2.75, 3.05) is 45.8 Å². The highest BCUT2D eigenvalue weighted by Crippen LogP contribution is 2.23. The molecule has 3 rings (SSSR count). The van der Waals surface area contributed by atoms with Gasteiger partial charge in [0.05, 0.1) is 6.54 Å². The van der Waals surface area contributed by atoms with Crippen LogP contribution in [0.4, 0.5) is 0 Å². The lowest BCUT2D eigenvalue weighted by atomic mass is 9.83. The molecule has 20 nitrogen and oxygen atoms in total. The molecule has 232 valence electrons. The van der Waals surface area contributed by atoms with Crippen LogP contribution in [0.25, 0.3) is 0 Å². The van der Waals surface area contributed by atoms with Gasteiger partial charge in [-0.1, -0.05) is 0 Å². The monoisotopic (exact) mass is 596 g/mol. The van der Waals surface area contributed by atoms with E-state index in [1.54, 1.807) is 9.80 Å². The first-order valence-corrected chi connectivity index (χ1v) is 13.7. The van der Waals surface area contributed by atoms with Crippen molar-refractivity contribution in [2.24, 2.45) is 5.73 Å². The molecular formula is C18H40B4N12O8. The van der Waals surface area contributed by atoms with Crippen molar-refractivity contribution in [1.82, 2.24) is 56.5 Å². The molecule has 0 aromatic carbocycles. The second kappa shape index (κ2) is 14.9. The summed E-state index contributed by atoms with van der Waals surface area (Å²) in [5, 5.41) is 42.1. The van der Waals surface area contributed by atoms with Crippen molar-refractivity contribution in [3.05, 3.63) is 0 Å². The predicted molar refractivity (Wildman–Crippen MR) is 152 cm³/mol. The number of carbonyl (C=O) groups excluding carboxylic acids is 4. The second-order valence-electron chi connectivity index (χ2n) is 10.4. The minimum Gasteiger partial charge on any atom is -0.436 e. The summed E-state index contributed by atoms with van der Waals surface area (Å²) in [7, 11) is -4.13. The lowest BCUT2D eigenvalue weighted by molar-refractivity contribution is -0.177. The molecule has 3 saturated heterocycles. The molecule has 0 aliphatic carbocycles. The van der Waals surface area contributed by atoms with Gasteiger partial charge in [0.2, 0.25) is 5.91 Å². The van der Waals surface area contributed by atoms with Crippen LogP contribution in [0.3, 0.4) is 0 Å². The number of hydrogen-bond acceptors (Lipinski definition) is 16. The molecule has 11 N–H and O–H groups in total. The summed E-state index contributed by atoms with van der Waals surface area (Å²) in [4.78, 5) is 59.0. The average Bonchev–Trinajstić information content (AvgIpc) is 2.87. The first-order chi connectivity index (χ1) is 19.8. The van der Waals surface area contributed by atoms with Gasteiger partial charge in [0.1, 0.15) is 0 Å². The van der Waals surface area contributed by atoms with Gasteiger partial charge in [-0.3, -0.25) is 55.6 Å². The van der Waals surface area contributed by atoms with E-state index in [0.717, 1.165) is 0 Å². The van der Waals surface area contributed by atoms with Crippen LogP contribution in [-0.2, 0) is 19.2 Å². The molecule has 3 fully saturated rings. The zero-order valence-corrected chi connectivity index (χ0v) is 24.2. The van der Waals surface area contributed by atoms with Crippen LogP contribution < -0.4 is 32.8 Å². The molecule has 0 bridgehead atoms. The first-order valence-electron chi connectivity index (χ1n) is 13.7. The van der Waals surface area contributed by atoms with Crippen LogP contribution in [0, 0.1) is 0 Å². The maximum atomic E-state index is 12.5. The Labute approximate surface area is 245 Å². The van der Waals surface area contributed by atoms with Gasteiger partial charge < -0.3 is 25.8 Å². The van der Waals surface area contributed by atoms with E-state index in [0.29, 0.717) is 13.1 Å². The fourth-order valence-electron chi connectivity index (χ4n) is 4.89. The van der Waals surface area contributed by atoms with Gasteiger partial charge in [0, 0.05) is 39.3 Å². The number of nitrogens with zero attached hydrogens (tertiary/aromatic N) is 6. The molecular weight excluding hydrogens is 556 g/mol. The summed E-state index contributed by atoms with van der Waals surface area (Å²) in [5.41, 5.74) is 15.7.